The van der Waals surface area contributed by atoms with Crippen molar-refractivity contribution in [1.82, 2.24) is 9.71 Å². The Morgan fingerprint density at radius 3 is 3.00 bits per heavy atom. The molecule has 1 aliphatic rings. The van der Waals surface area contributed by atoms with Gasteiger partial charge in [-0.3, -0.25) is 0 Å². The van der Waals surface area contributed by atoms with Gasteiger partial charge in [-0.25, -0.2) is 18.1 Å². The van der Waals surface area contributed by atoms with E-state index < -0.39 is 10.0 Å². The number of ether oxygens (including phenoxy) is 1. The van der Waals surface area contributed by atoms with Gasteiger partial charge in [0.1, 0.15) is 0 Å². The molecule has 0 radical (unpaired) electrons. The summed E-state index contributed by atoms with van der Waals surface area (Å²) in [5.41, 5.74) is 0. The minimum absolute atomic E-state index is 0.0998. The van der Waals surface area contributed by atoms with Crippen LogP contribution in [0.2, 0.25) is 4.47 Å². The van der Waals surface area contributed by atoms with Crippen LogP contribution in [0, 0.1) is 5.92 Å². The molecular formula is C9H13ClN2O3S2. The summed E-state index contributed by atoms with van der Waals surface area (Å²) in [4.78, 5) is 3.72. The molecule has 0 aliphatic carbocycles. The zero-order chi connectivity index (χ0) is 12.5. The first kappa shape index (κ1) is 13.2. The third-order valence-electron chi connectivity index (χ3n) is 2.79. The van der Waals surface area contributed by atoms with Crippen LogP contribution >= 0.6 is 22.9 Å². The number of nitrogens with one attached hydrogen (secondary N) is 1. The van der Waals surface area contributed by atoms with Crippen molar-refractivity contribution in [3.8, 4) is 0 Å². The molecule has 2 atom stereocenters. The number of rotatable bonds is 4. The molecular weight excluding hydrogens is 284 g/mol. The lowest BCUT2D eigenvalue weighted by atomic mass is 10.0. The van der Waals surface area contributed by atoms with E-state index in [9.17, 15) is 8.42 Å². The second kappa shape index (κ2) is 5.19. The van der Waals surface area contributed by atoms with Gasteiger partial charge in [0, 0.05) is 19.1 Å². The molecule has 2 rings (SSSR count). The Morgan fingerprint density at radius 1 is 1.71 bits per heavy atom. The van der Waals surface area contributed by atoms with Crippen LogP contribution in [-0.2, 0) is 14.8 Å². The van der Waals surface area contributed by atoms with E-state index in [1.165, 1.54) is 6.20 Å². The topological polar surface area (TPSA) is 68.3 Å². The van der Waals surface area contributed by atoms with E-state index in [0.29, 0.717) is 13.2 Å². The van der Waals surface area contributed by atoms with Gasteiger partial charge in [-0.15, -0.1) is 0 Å². The van der Waals surface area contributed by atoms with Gasteiger partial charge in [0.2, 0.25) is 0 Å². The van der Waals surface area contributed by atoms with Gasteiger partial charge in [0.15, 0.2) is 8.68 Å². The molecule has 1 aromatic rings. The Morgan fingerprint density at radius 2 is 2.47 bits per heavy atom. The van der Waals surface area contributed by atoms with Crippen LogP contribution in [0.4, 0.5) is 0 Å². The lowest BCUT2D eigenvalue weighted by molar-refractivity contribution is 0.107. The van der Waals surface area contributed by atoms with Gasteiger partial charge in [0.25, 0.3) is 10.0 Å². The highest BCUT2D eigenvalue weighted by molar-refractivity contribution is 7.91. The van der Waals surface area contributed by atoms with Crippen LogP contribution in [0.15, 0.2) is 10.4 Å². The van der Waals surface area contributed by atoms with E-state index in [4.69, 9.17) is 16.3 Å². The number of nitrogens with zero attached hydrogens (tertiary/aromatic N) is 1. The van der Waals surface area contributed by atoms with E-state index in [1.54, 1.807) is 0 Å². The zero-order valence-electron chi connectivity index (χ0n) is 9.22. The standard InChI is InChI=1S/C9H13ClN2O3S2/c1-6-7(2-3-15-6)4-12-17(13,14)8-5-11-9(10)16-8/h5-7,12H,2-4H2,1H3. The van der Waals surface area contributed by atoms with Crippen LogP contribution in [-0.4, -0.2) is 32.7 Å². The number of hydrogen-bond acceptors (Lipinski definition) is 5. The van der Waals surface area contributed by atoms with Crippen molar-refractivity contribution in [2.75, 3.05) is 13.2 Å². The first-order valence-corrected chi connectivity index (χ1v) is 7.89. The summed E-state index contributed by atoms with van der Waals surface area (Å²) in [6.45, 7) is 3.04. The molecule has 0 saturated carbocycles. The van der Waals surface area contributed by atoms with Crippen LogP contribution in [0.25, 0.3) is 0 Å². The molecule has 1 aliphatic heterocycles. The average molecular weight is 297 g/mol. The molecule has 2 unspecified atom stereocenters. The summed E-state index contributed by atoms with van der Waals surface area (Å²) in [6, 6.07) is 0. The Bertz CT molecular complexity index is 488. The Balaban J connectivity index is 1.98. The third kappa shape index (κ3) is 3.17. The largest absolute Gasteiger partial charge is 0.378 e. The smallest absolute Gasteiger partial charge is 0.251 e. The monoisotopic (exact) mass is 296 g/mol. The molecule has 17 heavy (non-hydrogen) atoms. The van der Waals surface area contributed by atoms with E-state index in [0.717, 1.165) is 17.8 Å². The molecule has 0 spiro atoms. The average Bonchev–Trinajstić information content (AvgIpc) is 2.85. The van der Waals surface area contributed by atoms with Crippen LogP contribution in [0.3, 0.4) is 0 Å². The summed E-state index contributed by atoms with van der Waals surface area (Å²) in [5.74, 6) is 0.230. The number of halogens is 1. The number of hydrogen-bond donors (Lipinski definition) is 1. The second-order valence-electron chi connectivity index (χ2n) is 3.91. The Hall–Kier alpha value is -0.210. The molecule has 0 aromatic carbocycles. The van der Waals surface area contributed by atoms with Gasteiger partial charge in [0.05, 0.1) is 12.3 Å². The summed E-state index contributed by atoms with van der Waals surface area (Å²) >= 11 is 6.56. The molecule has 1 N–H and O–H groups in total. The number of thiazole rings is 1. The fourth-order valence-corrected chi connectivity index (χ4v) is 4.13. The molecule has 2 heterocycles. The fraction of sp³-hybridized carbons (Fsp3) is 0.667. The Labute approximate surface area is 109 Å². The van der Waals surface area contributed by atoms with Crippen molar-refractivity contribution in [3.63, 3.8) is 0 Å². The van der Waals surface area contributed by atoms with Crippen molar-refractivity contribution < 1.29 is 13.2 Å². The molecule has 5 nitrogen and oxygen atoms in total. The van der Waals surface area contributed by atoms with Crippen molar-refractivity contribution in [3.05, 3.63) is 10.7 Å². The lowest BCUT2D eigenvalue weighted by Crippen LogP contribution is -2.31. The van der Waals surface area contributed by atoms with Crippen LogP contribution in [0.5, 0.6) is 0 Å². The summed E-state index contributed by atoms with van der Waals surface area (Å²) in [5, 5.41) is 0. The van der Waals surface area contributed by atoms with Gasteiger partial charge in [-0.2, -0.15) is 0 Å². The summed E-state index contributed by atoms with van der Waals surface area (Å²) in [6.07, 6.45) is 2.25. The third-order valence-corrected chi connectivity index (χ3v) is 5.79. The van der Waals surface area contributed by atoms with Gasteiger partial charge in [-0.1, -0.05) is 22.9 Å². The molecule has 0 bridgehead atoms. The summed E-state index contributed by atoms with van der Waals surface area (Å²) < 4.78 is 32.0. The second-order valence-corrected chi connectivity index (χ2v) is 7.52. The highest BCUT2D eigenvalue weighted by Gasteiger charge is 2.26. The predicted octanol–water partition coefficient (Wildman–Crippen LogP) is 1.50. The maximum Gasteiger partial charge on any atom is 0.251 e. The van der Waals surface area contributed by atoms with Gasteiger partial charge < -0.3 is 4.74 Å². The molecule has 1 fully saturated rings. The molecule has 8 heteroatoms. The fourth-order valence-electron chi connectivity index (χ4n) is 1.70. The normalized spacial score (nSPS) is 25.3. The maximum atomic E-state index is 11.9. The van der Waals surface area contributed by atoms with Crippen LogP contribution < -0.4 is 4.72 Å². The van der Waals surface area contributed by atoms with Crippen molar-refractivity contribution in [2.24, 2.45) is 5.92 Å². The van der Waals surface area contributed by atoms with E-state index >= 15 is 0 Å². The van der Waals surface area contributed by atoms with Gasteiger partial charge in [-0.05, 0) is 13.3 Å². The van der Waals surface area contributed by atoms with E-state index in [-0.39, 0.29) is 20.7 Å². The number of sulfonamides is 1. The number of aromatic nitrogens is 1. The maximum absolute atomic E-state index is 11.9. The first-order chi connectivity index (χ1) is 7.99. The quantitative estimate of drug-likeness (QED) is 0.914. The molecule has 0 amide bonds. The molecule has 1 aromatic heterocycles. The lowest BCUT2D eigenvalue weighted by Gasteiger charge is -2.14. The predicted molar refractivity (Wildman–Crippen MR) is 65.8 cm³/mol. The SMILES string of the molecule is CC1OCCC1CNS(=O)(=O)c1cnc(Cl)s1. The summed E-state index contributed by atoms with van der Waals surface area (Å²) in [7, 11) is -3.48. The highest BCUT2D eigenvalue weighted by Crippen LogP contribution is 2.23. The van der Waals surface area contributed by atoms with E-state index in [1.807, 2.05) is 6.92 Å². The van der Waals surface area contributed by atoms with Gasteiger partial charge >= 0.3 is 0 Å². The van der Waals surface area contributed by atoms with Crippen LogP contribution in [0.1, 0.15) is 13.3 Å². The zero-order valence-corrected chi connectivity index (χ0v) is 11.6. The molecule has 96 valence electrons. The van der Waals surface area contributed by atoms with Crippen molar-refractivity contribution in [1.29, 1.82) is 0 Å². The van der Waals surface area contributed by atoms with Crippen molar-refractivity contribution in [2.45, 2.75) is 23.7 Å². The van der Waals surface area contributed by atoms with E-state index in [2.05, 4.69) is 9.71 Å². The van der Waals surface area contributed by atoms with Crippen molar-refractivity contribution >= 4 is 33.0 Å². The molecule has 1 saturated heterocycles. The first-order valence-electron chi connectivity index (χ1n) is 5.21. The minimum Gasteiger partial charge on any atom is -0.378 e. The minimum atomic E-state index is -3.48. The highest BCUT2D eigenvalue weighted by atomic mass is 35.5. The Kier molecular flexibility index (Phi) is 4.04.